The molecule has 1 atom stereocenters. The number of benzene rings is 1. The second-order valence-electron chi connectivity index (χ2n) is 4.77. The fraction of sp³-hybridized carbons (Fsp3) is 0.538. The molecule has 1 N–H and O–H groups in total. The highest BCUT2D eigenvalue weighted by molar-refractivity contribution is 5.38. The van der Waals surface area contributed by atoms with Crippen molar-refractivity contribution in [1.82, 2.24) is 0 Å². The van der Waals surface area contributed by atoms with Crippen molar-refractivity contribution in [1.29, 1.82) is 0 Å². The summed E-state index contributed by atoms with van der Waals surface area (Å²) < 4.78 is 18.4. The number of ether oxygens (including phenoxy) is 1. The minimum absolute atomic E-state index is 0.341. The molecule has 3 heteroatoms. The second kappa shape index (κ2) is 4.06. The van der Waals surface area contributed by atoms with E-state index < -0.39 is 5.60 Å². The van der Waals surface area contributed by atoms with Crippen LogP contribution in [0.3, 0.4) is 0 Å². The highest BCUT2D eigenvalue weighted by Gasteiger charge is 2.35. The third-order valence-corrected chi connectivity index (χ3v) is 3.12. The van der Waals surface area contributed by atoms with E-state index in [2.05, 4.69) is 0 Å². The topological polar surface area (TPSA) is 29.5 Å². The highest BCUT2D eigenvalue weighted by Crippen LogP contribution is 2.42. The van der Waals surface area contributed by atoms with Gasteiger partial charge in [0.1, 0.15) is 11.6 Å². The molecule has 0 bridgehead atoms. The number of hydrogen-bond acceptors (Lipinski definition) is 2. The quantitative estimate of drug-likeness (QED) is 0.852. The van der Waals surface area contributed by atoms with Gasteiger partial charge < -0.3 is 9.84 Å². The van der Waals surface area contributed by atoms with Gasteiger partial charge in [-0.1, -0.05) is 12.8 Å². The third kappa shape index (κ3) is 2.35. The summed E-state index contributed by atoms with van der Waals surface area (Å²) in [5, 5.41) is 10.4. The molecule has 1 aromatic rings. The van der Waals surface area contributed by atoms with Gasteiger partial charge in [0.2, 0.25) is 0 Å². The van der Waals surface area contributed by atoms with Gasteiger partial charge >= 0.3 is 0 Å². The van der Waals surface area contributed by atoms with Crippen molar-refractivity contribution in [3.05, 3.63) is 29.6 Å². The van der Waals surface area contributed by atoms with E-state index in [1.807, 2.05) is 0 Å². The number of aliphatic hydroxyl groups is 1. The van der Waals surface area contributed by atoms with Gasteiger partial charge in [0.05, 0.1) is 12.7 Å². The van der Waals surface area contributed by atoms with Crippen LogP contribution in [-0.2, 0) is 5.60 Å². The maximum atomic E-state index is 13.2. The van der Waals surface area contributed by atoms with Crippen LogP contribution in [-0.4, -0.2) is 12.2 Å². The first-order valence-corrected chi connectivity index (χ1v) is 5.59. The minimum Gasteiger partial charge on any atom is -0.496 e. The van der Waals surface area contributed by atoms with Crippen molar-refractivity contribution >= 4 is 0 Å². The first kappa shape index (κ1) is 11.4. The van der Waals surface area contributed by atoms with Gasteiger partial charge in [-0.05, 0) is 37.5 Å². The molecule has 1 unspecified atom stereocenters. The summed E-state index contributed by atoms with van der Waals surface area (Å²) in [5.74, 6) is 0.780. The van der Waals surface area contributed by atoms with Crippen LogP contribution in [0.15, 0.2) is 18.2 Å². The van der Waals surface area contributed by atoms with Crippen LogP contribution in [0.5, 0.6) is 5.75 Å². The molecule has 88 valence electrons. The summed E-state index contributed by atoms with van der Waals surface area (Å²) in [7, 11) is 1.53. The summed E-state index contributed by atoms with van der Waals surface area (Å²) >= 11 is 0. The highest BCUT2D eigenvalue weighted by atomic mass is 19.1. The zero-order chi connectivity index (χ0) is 11.8. The van der Waals surface area contributed by atoms with E-state index >= 15 is 0 Å². The Balaban J connectivity index is 2.31. The van der Waals surface area contributed by atoms with Gasteiger partial charge in [-0.2, -0.15) is 0 Å². The third-order valence-electron chi connectivity index (χ3n) is 3.12. The maximum Gasteiger partial charge on any atom is 0.125 e. The van der Waals surface area contributed by atoms with E-state index in [0.29, 0.717) is 23.7 Å². The van der Waals surface area contributed by atoms with Crippen LogP contribution in [0.1, 0.15) is 31.7 Å². The van der Waals surface area contributed by atoms with Crippen LogP contribution in [0.4, 0.5) is 4.39 Å². The lowest BCUT2D eigenvalue weighted by atomic mass is 9.89. The fourth-order valence-electron chi connectivity index (χ4n) is 2.10. The zero-order valence-electron chi connectivity index (χ0n) is 9.66. The van der Waals surface area contributed by atoms with Gasteiger partial charge in [-0.3, -0.25) is 0 Å². The first-order chi connectivity index (χ1) is 7.53. The van der Waals surface area contributed by atoms with Gasteiger partial charge in [-0.25, -0.2) is 4.39 Å². The van der Waals surface area contributed by atoms with Crippen LogP contribution in [0.2, 0.25) is 0 Å². The molecular formula is C13H17FO2. The summed E-state index contributed by atoms with van der Waals surface area (Å²) in [5.41, 5.74) is -0.462. The summed E-state index contributed by atoms with van der Waals surface area (Å²) in [6.45, 7) is 1.72. The van der Waals surface area contributed by atoms with E-state index in [-0.39, 0.29) is 5.82 Å². The molecule has 1 saturated carbocycles. The zero-order valence-corrected chi connectivity index (χ0v) is 9.66. The van der Waals surface area contributed by atoms with Gasteiger partial charge in [0.25, 0.3) is 0 Å². The molecule has 0 radical (unpaired) electrons. The summed E-state index contributed by atoms with van der Waals surface area (Å²) in [4.78, 5) is 0. The van der Waals surface area contributed by atoms with E-state index in [4.69, 9.17) is 4.74 Å². The first-order valence-electron chi connectivity index (χ1n) is 5.59. The van der Waals surface area contributed by atoms with E-state index in [1.165, 1.54) is 19.2 Å². The monoisotopic (exact) mass is 224 g/mol. The van der Waals surface area contributed by atoms with Crippen LogP contribution in [0, 0.1) is 11.7 Å². The molecular weight excluding hydrogens is 207 g/mol. The molecule has 2 rings (SSSR count). The molecule has 0 aromatic heterocycles. The standard InChI is InChI=1S/C13H17FO2/c1-13(15,8-9-3-4-9)11-7-10(14)5-6-12(11)16-2/h5-7,9,15H,3-4,8H2,1-2H3. The number of methoxy groups -OCH3 is 1. The van der Waals surface area contributed by atoms with Gasteiger partial charge in [0, 0.05) is 5.56 Å². The summed E-state index contributed by atoms with van der Waals surface area (Å²) in [6.07, 6.45) is 2.99. The maximum absolute atomic E-state index is 13.2. The molecule has 0 heterocycles. The molecule has 1 aliphatic rings. The normalized spacial score (nSPS) is 19.2. The van der Waals surface area contributed by atoms with Crippen molar-refractivity contribution in [3.63, 3.8) is 0 Å². The van der Waals surface area contributed by atoms with Crippen molar-refractivity contribution in [3.8, 4) is 5.75 Å². The fourth-order valence-corrected chi connectivity index (χ4v) is 2.10. The molecule has 1 fully saturated rings. The van der Waals surface area contributed by atoms with Gasteiger partial charge in [-0.15, -0.1) is 0 Å². The number of hydrogen-bond donors (Lipinski definition) is 1. The van der Waals surface area contributed by atoms with Gasteiger partial charge in [0.15, 0.2) is 0 Å². The average molecular weight is 224 g/mol. The Bertz CT molecular complexity index is 384. The lowest BCUT2D eigenvalue weighted by Crippen LogP contribution is -2.23. The van der Waals surface area contributed by atoms with Crippen LogP contribution in [0.25, 0.3) is 0 Å². The summed E-state index contributed by atoms with van der Waals surface area (Å²) in [6, 6.07) is 4.27. The Morgan fingerprint density at radius 1 is 1.50 bits per heavy atom. The Hall–Kier alpha value is -1.09. The molecule has 0 spiro atoms. The van der Waals surface area contributed by atoms with E-state index in [1.54, 1.807) is 13.0 Å². The predicted octanol–water partition coefficient (Wildman–Crippen LogP) is 2.84. The van der Waals surface area contributed by atoms with Crippen LogP contribution < -0.4 is 4.74 Å². The number of halogens is 1. The Morgan fingerprint density at radius 2 is 2.19 bits per heavy atom. The number of rotatable bonds is 4. The minimum atomic E-state index is -1.01. The smallest absolute Gasteiger partial charge is 0.125 e. The van der Waals surface area contributed by atoms with Crippen molar-refractivity contribution in [2.75, 3.05) is 7.11 Å². The predicted molar refractivity (Wildman–Crippen MR) is 59.9 cm³/mol. The molecule has 0 aliphatic heterocycles. The molecule has 0 amide bonds. The molecule has 1 aromatic carbocycles. The van der Waals surface area contributed by atoms with Crippen molar-refractivity contribution in [2.24, 2.45) is 5.92 Å². The Labute approximate surface area is 95.1 Å². The SMILES string of the molecule is COc1ccc(F)cc1C(C)(O)CC1CC1. The molecule has 16 heavy (non-hydrogen) atoms. The van der Waals surface area contributed by atoms with Crippen LogP contribution >= 0.6 is 0 Å². The van der Waals surface area contributed by atoms with E-state index in [0.717, 1.165) is 12.8 Å². The largest absolute Gasteiger partial charge is 0.496 e. The van der Waals surface area contributed by atoms with E-state index in [9.17, 15) is 9.50 Å². The van der Waals surface area contributed by atoms with Crippen molar-refractivity contribution in [2.45, 2.75) is 31.8 Å². The molecule has 1 aliphatic carbocycles. The Morgan fingerprint density at radius 3 is 2.75 bits per heavy atom. The second-order valence-corrected chi connectivity index (χ2v) is 4.77. The lowest BCUT2D eigenvalue weighted by Gasteiger charge is -2.25. The molecule has 2 nitrogen and oxygen atoms in total. The Kier molecular flexibility index (Phi) is 2.89. The molecule has 0 saturated heterocycles. The lowest BCUT2D eigenvalue weighted by molar-refractivity contribution is 0.0390. The average Bonchev–Trinajstić information content (AvgIpc) is 3.01. The van der Waals surface area contributed by atoms with Crippen molar-refractivity contribution < 1.29 is 14.2 Å².